The molecule has 0 radical (unpaired) electrons. The standard InChI is InChI=1S/C12H17ClN4O.C12H16ClN3O2.C11H14ClN3O2.3C10H12ClN3O.C9H10ClN3O.C8H8ClN3O2/c1-3-7(4-2)17-10-8(5-14)9(13)6-15-11(10)16-12(17)18;1-12(2,3)9(6-17)16-8-4-7(13)5-14-10(8)15-11(16)18;1-3-8(6-17-2)15-9-4-7(12)5-13-10(9)14-11(15)16;1-10(2,3)14-7-4-6(11)5-12-8(7)13-9(14)15;2*1-3-6(2)14-8-4-7(11)5-12-9(8)13-10(14)15;1-5(2)13-7-3-6(10)4-11-8(7)12-9(13)14;9-5-3-6-7(10-4-5)11-8(14)12(6)1-2-13/h6-7H,3-5,14H2,1-2H3,(H,15,16,18);4-5,9,17H,6H2,1-3H3,(H,14,15,18);4-5,8H,3,6H2,1-2H3,(H,13,14,16);4-5H,1-3H3,(H,12,13,15);2*4-6H,3H2,1-2H3,(H,12,13,15);3-5H,1-2H3,(H,11,12,14);3-4,13H,1-2H2,(H,10,11,14)/t;;;;6-;;;/m....1.../s1. The third-order valence-corrected chi connectivity index (χ3v) is 22.1. The summed E-state index contributed by atoms with van der Waals surface area (Å²) in [7, 11) is 1.62. The van der Waals surface area contributed by atoms with Gasteiger partial charge in [-0.25, -0.2) is 78.2 Å². The highest BCUT2D eigenvalue weighted by atomic mass is 35.5. The molecule has 0 saturated carbocycles. The normalized spacial score (nSPS) is 12.5. The van der Waals surface area contributed by atoms with Crippen molar-refractivity contribution >= 4 is 182 Å². The highest BCUT2D eigenvalue weighted by Crippen LogP contribution is 2.33. The van der Waals surface area contributed by atoms with Crippen LogP contribution < -0.4 is 51.3 Å². The molecule has 44 heteroatoms. The lowest BCUT2D eigenvalue weighted by Crippen LogP contribution is -2.33. The van der Waals surface area contributed by atoms with Crippen molar-refractivity contribution in [2.45, 2.75) is 191 Å². The van der Waals surface area contributed by atoms with Crippen LogP contribution in [0.4, 0.5) is 0 Å². The second kappa shape index (κ2) is 43.3. The van der Waals surface area contributed by atoms with E-state index < -0.39 is 0 Å². The number of aromatic nitrogens is 24. The molecule has 16 aromatic rings. The zero-order valence-electron chi connectivity index (χ0n) is 72.0. The first-order chi connectivity index (χ1) is 59.6. The van der Waals surface area contributed by atoms with Crippen LogP contribution in [0.3, 0.4) is 0 Å². The molecule has 0 aliphatic rings. The molecule has 0 amide bonds. The molecule has 16 aromatic heterocycles. The Morgan fingerprint density at radius 3 is 1.06 bits per heavy atom. The fraction of sp³-hybridized carbons (Fsp3) is 0.415. The van der Waals surface area contributed by atoms with Gasteiger partial charge in [0.2, 0.25) is 0 Å². The summed E-state index contributed by atoms with van der Waals surface area (Å²) in [5.41, 5.74) is 14.6. The van der Waals surface area contributed by atoms with Gasteiger partial charge in [0, 0.05) is 98.5 Å². The van der Waals surface area contributed by atoms with E-state index in [4.69, 9.17) is 108 Å². The number of aliphatic hydroxyl groups is 2. The van der Waals surface area contributed by atoms with E-state index >= 15 is 0 Å². The van der Waals surface area contributed by atoms with Crippen molar-refractivity contribution < 1.29 is 14.9 Å². The number of nitrogens with two attached hydrogens (primary N) is 1. The van der Waals surface area contributed by atoms with Crippen molar-refractivity contribution in [1.82, 2.24) is 116 Å². The molecular weight excluding hydrogens is 1790 g/mol. The smallest absolute Gasteiger partial charge is 0.328 e. The third-order valence-electron chi connectivity index (χ3n) is 20.3. The highest BCUT2D eigenvalue weighted by molar-refractivity contribution is 6.33. The van der Waals surface area contributed by atoms with Crippen molar-refractivity contribution in [3.63, 3.8) is 0 Å². The number of H-pyrrole nitrogens is 8. The van der Waals surface area contributed by atoms with Crippen LogP contribution in [0.2, 0.25) is 40.2 Å². The van der Waals surface area contributed by atoms with Gasteiger partial charge in [0.05, 0.1) is 123 Å². The molecule has 0 fully saturated rings. The zero-order chi connectivity index (χ0) is 92.8. The average molecular weight is 1900 g/mol. The maximum atomic E-state index is 12.1. The van der Waals surface area contributed by atoms with Crippen molar-refractivity contribution in [3.8, 4) is 0 Å². The number of imidazole rings is 8. The zero-order valence-corrected chi connectivity index (χ0v) is 78.1. The van der Waals surface area contributed by atoms with E-state index in [1.807, 2.05) is 90.0 Å². The van der Waals surface area contributed by atoms with Gasteiger partial charge in [0.15, 0.2) is 45.2 Å². The summed E-state index contributed by atoms with van der Waals surface area (Å²) >= 11 is 47.0. The summed E-state index contributed by atoms with van der Waals surface area (Å²) in [6.07, 6.45) is 16.4. The summed E-state index contributed by atoms with van der Waals surface area (Å²) in [4.78, 5) is 148. The van der Waals surface area contributed by atoms with E-state index in [9.17, 15) is 43.5 Å². The number of halogens is 8. The van der Waals surface area contributed by atoms with E-state index in [0.29, 0.717) is 109 Å². The van der Waals surface area contributed by atoms with Gasteiger partial charge in [-0.15, -0.1) is 0 Å². The van der Waals surface area contributed by atoms with Crippen LogP contribution in [0, 0.1) is 5.41 Å². The van der Waals surface area contributed by atoms with Crippen molar-refractivity contribution in [3.05, 3.63) is 222 Å². The van der Waals surface area contributed by atoms with Gasteiger partial charge < -0.3 is 20.7 Å². The minimum Gasteiger partial charge on any atom is -0.395 e. The van der Waals surface area contributed by atoms with Gasteiger partial charge in [-0.05, 0) is 128 Å². The van der Waals surface area contributed by atoms with Crippen LogP contribution in [0.25, 0.3) is 89.3 Å². The molecule has 0 aliphatic carbocycles. The fourth-order valence-corrected chi connectivity index (χ4v) is 15.2. The van der Waals surface area contributed by atoms with Gasteiger partial charge in [0.1, 0.15) is 0 Å². The molecule has 676 valence electrons. The minimum atomic E-state index is -0.334. The Kier molecular flexibility index (Phi) is 34.2. The van der Waals surface area contributed by atoms with Crippen molar-refractivity contribution in [2.24, 2.45) is 11.1 Å². The maximum absolute atomic E-state index is 12.1. The fourth-order valence-electron chi connectivity index (χ4n) is 13.9. The van der Waals surface area contributed by atoms with Gasteiger partial charge in [-0.3, -0.25) is 76.4 Å². The Morgan fingerprint density at radius 2 is 0.698 bits per heavy atom. The predicted octanol–water partition coefficient (Wildman–Crippen LogP) is 15.3. The molecular formula is C82H101Cl8N25O11. The van der Waals surface area contributed by atoms with E-state index in [0.717, 1.165) is 65.3 Å². The van der Waals surface area contributed by atoms with Gasteiger partial charge in [-0.2, -0.15) is 0 Å². The Balaban J connectivity index is 0.000000163. The molecule has 3 unspecified atom stereocenters. The number of rotatable bonds is 17. The Morgan fingerprint density at radius 1 is 0.389 bits per heavy atom. The molecule has 12 N–H and O–H groups in total. The summed E-state index contributed by atoms with van der Waals surface area (Å²) in [5, 5.41) is 22.4. The van der Waals surface area contributed by atoms with Crippen LogP contribution in [-0.4, -0.2) is 153 Å². The number of hydrogen-bond acceptors (Lipinski definition) is 20. The first-order valence-electron chi connectivity index (χ1n) is 40.1. The molecule has 0 spiro atoms. The maximum Gasteiger partial charge on any atom is 0.328 e. The van der Waals surface area contributed by atoms with Crippen LogP contribution in [-0.2, 0) is 23.4 Å². The van der Waals surface area contributed by atoms with Crippen LogP contribution in [0.15, 0.2) is 130 Å². The Labute approximate surface area is 758 Å². The van der Waals surface area contributed by atoms with Gasteiger partial charge in [0.25, 0.3) is 0 Å². The molecule has 0 bridgehead atoms. The average Bonchev–Trinajstić information content (AvgIpc) is 1.62. The number of nitrogens with zero attached hydrogens (tertiary/aromatic N) is 16. The first kappa shape index (κ1) is 99.3. The summed E-state index contributed by atoms with van der Waals surface area (Å²) in [5.74, 6) is 0. The number of aliphatic hydroxyl groups excluding tert-OH is 2. The molecule has 126 heavy (non-hydrogen) atoms. The summed E-state index contributed by atoms with van der Waals surface area (Å²) in [6.45, 7) is 30.6. The van der Waals surface area contributed by atoms with Gasteiger partial charge in [-0.1, -0.05) is 148 Å². The molecule has 0 aliphatic heterocycles. The van der Waals surface area contributed by atoms with E-state index in [1.165, 1.54) is 58.7 Å². The summed E-state index contributed by atoms with van der Waals surface area (Å²) in [6, 6.07) is 12.2. The number of nitrogens with one attached hydrogen (secondary N) is 8. The van der Waals surface area contributed by atoms with E-state index in [1.54, 1.807) is 77.0 Å². The number of hydrogen-bond donors (Lipinski definition) is 11. The number of aromatic amines is 8. The second-order valence-corrected chi connectivity index (χ2v) is 34.8. The lowest BCUT2D eigenvalue weighted by molar-refractivity contribution is 0.138. The second-order valence-electron chi connectivity index (χ2n) is 31.3. The molecule has 0 aromatic carbocycles. The third kappa shape index (κ3) is 23.1. The molecule has 0 saturated heterocycles. The number of fused-ring (bicyclic) bond motifs is 8. The monoisotopic (exact) mass is 1890 g/mol. The van der Waals surface area contributed by atoms with Crippen LogP contribution >= 0.6 is 92.8 Å². The van der Waals surface area contributed by atoms with E-state index in [2.05, 4.69) is 93.6 Å². The minimum absolute atomic E-state index is 0.0125. The topological polar surface area (TPSA) is 481 Å². The van der Waals surface area contributed by atoms with Gasteiger partial charge >= 0.3 is 45.5 Å². The van der Waals surface area contributed by atoms with Crippen molar-refractivity contribution in [2.75, 3.05) is 26.9 Å². The number of ether oxygens (including phenoxy) is 1. The lowest BCUT2D eigenvalue weighted by Gasteiger charge is -2.29. The Hall–Kier alpha value is -10.5. The molecule has 4 atom stereocenters. The Bertz CT molecular complexity index is 6880. The highest BCUT2D eigenvalue weighted by Gasteiger charge is 2.30. The quantitative estimate of drug-likeness (QED) is 0.0403. The summed E-state index contributed by atoms with van der Waals surface area (Å²) < 4.78 is 18.1. The largest absolute Gasteiger partial charge is 0.395 e. The van der Waals surface area contributed by atoms with Crippen LogP contribution in [0.1, 0.15) is 178 Å². The molecule has 36 nitrogen and oxygen atoms in total. The number of pyridine rings is 8. The van der Waals surface area contributed by atoms with Crippen molar-refractivity contribution in [1.29, 1.82) is 0 Å². The van der Waals surface area contributed by atoms with E-state index in [-0.39, 0.29) is 119 Å². The lowest BCUT2D eigenvalue weighted by atomic mass is 9.87. The van der Waals surface area contributed by atoms with Crippen LogP contribution in [0.5, 0.6) is 0 Å². The SMILES string of the molecule is CC(C)(C)C(CO)n1c(=O)[nH]c2ncc(Cl)cc21.CC(C)(C)n1c(=O)[nH]c2ncc(Cl)cc21.CC(C)n1c(=O)[nH]c2ncc(Cl)cc21.CCC(C)n1c(=O)[nH]c2ncc(Cl)cc21.CCC(CC)n1c(=O)[nH]c2ncc(Cl)c(CN)c21.CCC(COC)n1c(=O)[nH]c2ncc(Cl)cc21.CC[C@@H](C)n1c(=O)[nH]c2ncc(Cl)cc21.O=c1[nH]c2ncc(Cl)cc2n1CCO. The predicted molar refractivity (Wildman–Crippen MR) is 500 cm³/mol. The number of methoxy groups -OCH3 is 1. The first-order valence-corrected chi connectivity index (χ1v) is 43.1. The molecule has 16 heterocycles. The molecule has 16 rings (SSSR count).